The lowest BCUT2D eigenvalue weighted by molar-refractivity contribution is 0.0696. The molecule has 7 heteroatoms. The van der Waals surface area contributed by atoms with Crippen molar-refractivity contribution >= 4 is 5.97 Å². The van der Waals surface area contributed by atoms with Gasteiger partial charge in [0.1, 0.15) is 0 Å². The predicted molar refractivity (Wildman–Crippen MR) is 77.6 cm³/mol. The quantitative estimate of drug-likeness (QED) is 0.886. The monoisotopic (exact) mass is 304 g/mol. The Morgan fingerprint density at radius 2 is 2.23 bits per heavy atom. The fourth-order valence-corrected chi connectivity index (χ4v) is 2.64. The van der Waals surface area contributed by atoms with Gasteiger partial charge in [0.2, 0.25) is 5.88 Å². The molecule has 1 fully saturated rings. The molecular weight excluding hydrogens is 288 g/mol. The molecule has 22 heavy (non-hydrogen) atoms. The van der Waals surface area contributed by atoms with Gasteiger partial charge in [0.25, 0.3) is 0 Å². The molecule has 2 N–H and O–H groups in total. The van der Waals surface area contributed by atoms with Crippen molar-refractivity contribution in [1.29, 1.82) is 0 Å². The number of imidazole rings is 1. The maximum absolute atomic E-state index is 12.4. The van der Waals surface area contributed by atoms with Crippen LogP contribution in [0.5, 0.6) is 5.88 Å². The molecule has 0 amide bonds. The van der Waals surface area contributed by atoms with Crippen LogP contribution in [0.25, 0.3) is 5.69 Å². The van der Waals surface area contributed by atoms with Gasteiger partial charge >= 0.3 is 11.7 Å². The Kier molecular flexibility index (Phi) is 3.72. The van der Waals surface area contributed by atoms with Crippen molar-refractivity contribution in [2.75, 3.05) is 6.61 Å². The van der Waals surface area contributed by atoms with Crippen LogP contribution in [-0.2, 0) is 11.3 Å². The molecule has 0 radical (unpaired) electrons. The highest BCUT2D eigenvalue weighted by molar-refractivity contribution is 5.88. The number of aromatic carboxylic acids is 1. The van der Waals surface area contributed by atoms with Crippen LogP contribution >= 0.6 is 0 Å². The Hall–Kier alpha value is -2.54. The van der Waals surface area contributed by atoms with Gasteiger partial charge < -0.3 is 14.9 Å². The Bertz CT molecular complexity index is 756. The SMILES string of the molecule is O=C(O)c1cccc(-n2c(O)cn(CC3CCCO3)c2=O)c1. The van der Waals surface area contributed by atoms with E-state index in [2.05, 4.69) is 0 Å². The topological polar surface area (TPSA) is 93.7 Å². The van der Waals surface area contributed by atoms with Gasteiger partial charge in [-0.2, -0.15) is 0 Å². The van der Waals surface area contributed by atoms with Crippen LogP contribution in [0.2, 0.25) is 0 Å². The highest BCUT2D eigenvalue weighted by Crippen LogP contribution is 2.18. The summed E-state index contributed by atoms with van der Waals surface area (Å²) in [6.07, 6.45) is 3.16. The standard InChI is InChI=1S/C15H16N2O5/c18-13-9-16(8-12-5-2-6-22-12)15(21)17(13)11-4-1-3-10(7-11)14(19)20/h1,3-4,7,9,12,18H,2,5-6,8H2,(H,19,20). The summed E-state index contributed by atoms with van der Waals surface area (Å²) in [7, 11) is 0. The molecule has 0 bridgehead atoms. The highest BCUT2D eigenvalue weighted by atomic mass is 16.5. The zero-order valence-corrected chi connectivity index (χ0v) is 11.8. The second-order valence-corrected chi connectivity index (χ2v) is 5.25. The number of rotatable bonds is 4. The molecule has 3 rings (SSSR count). The van der Waals surface area contributed by atoms with E-state index in [1.54, 1.807) is 6.07 Å². The minimum absolute atomic E-state index is 0.0293. The third kappa shape index (κ3) is 2.62. The summed E-state index contributed by atoms with van der Waals surface area (Å²) in [5.74, 6) is -1.32. The summed E-state index contributed by atoms with van der Waals surface area (Å²) >= 11 is 0. The number of nitrogens with zero attached hydrogens (tertiary/aromatic N) is 2. The van der Waals surface area contributed by atoms with Gasteiger partial charge in [-0.1, -0.05) is 6.07 Å². The number of aromatic hydroxyl groups is 1. The zero-order chi connectivity index (χ0) is 15.7. The molecule has 7 nitrogen and oxygen atoms in total. The fraction of sp³-hybridized carbons (Fsp3) is 0.333. The van der Waals surface area contributed by atoms with Crippen molar-refractivity contribution in [3.63, 3.8) is 0 Å². The minimum Gasteiger partial charge on any atom is -0.493 e. The molecule has 1 atom stereocenters. The van der Waals surface area contributed by atoms with E-state index < -0.39 is 11.7 Å². The zero-order valence-electron chi connectivity index (χ0n) is 11.8. The summed E-state index contributed by atoms with van der Waals surface area (Å²) < 4.78 is 7.96. The van der Waals surface area contributed by atoms with Gasteiger partial charge in [0.15, 0.2) is 0 Å². The van der Waals surface area contributed by atoms with Crippen LogP contribution in [0, 0.1) is 0 Å². The van der Waals surface area contributed by atoms with Crippen molar-refractivity contribution < 1.29 is 19.7 Å². The van der Waals surface area contributed by atoms with Crippen LogP contribution in [0.1, 0.15) is 23.2 Å². The normalized spacial score (nSPS) is 17.7. The number of ether oxygens (including phenoxy) is 1. The molecule has 1 aromatic heterocycles. The van der Waals surface area contributed by atoms with Crippen LogP contribution in [0.4, 0.5) is 0 Å². The van der Waals surface area contributed by atoms with E-state index in [-0.39, 0.29) is 17.5 Å². The molecule has 0 spiro atoms. The van der Waals surface area contributed by atoms with Gasteiger partial charge in [0.05, 0.1) is 30.1 Å². The summed E-state index contributed by atoms with van der Waals surface area (Å²) in [6.45, 7) is 1.06. The Morgan fingerprint density at radius 3 is 2.91 bits per heavy atom. The number of benzene rings is 1. The summed E-state index contributed by atoms with van der Waals surface area (Å²) in [4.78, 5) is 23.4. The molecule has 1 unspecified atom stereocenters. The lowest BCUT2D eigenvalue weighted by atomic mass is 10.2. The summed E-state index contributed by atoms with van der Waals surface area (Å²) in [6, 6.07) is 5.88. The lowest BCUT2D eigenvalue weighted by Crippen LogP contribution is -2.27. The fourth-order valence-electron chi connectivity index (χ4n) is 2.64. The smallest absolute Gasteiger partial charge is 0.335 e. The molecule has 1 aliphatic rings. The van der Waals surface area contributed by atoms with E-state index in [0.29, 0.717) is 18.8 Å². The molecular formula is C15H16N2O5. The van der Waals surface area contributed by atoms with Crippen LogP contribution in [-0.4, -0.2) is 38.0 Å². The summed E-state index contributed by atoms with van der Waals surface area (Å²) in [5, 5.41) is 19.0. The minimum atomic E-state index is -1.09. The third-order valence-electron chi connectivity index (χ3n) is 3.71. The van der Waals surface area contributed by atoms with Gasteiger partial charge in [-0.15, -0.1) is 0 Å². The van der Waals surface area contributed by atoms with E-state index in [1.807, 2.05) is 0 Å². The highest BCUT2D eigenvalue weighted by Gasteiger charge is 2.20. The van der Waals surface area contributed by atoms with Crippen LogP contribution in [0.3, 0.4) is 0 Å². The second kappa shape index (κ2) is 5.69. The van der Waals surface area contributed by atoms with Crippen molar-refractivity contribution in [3.05, 3.63) is 46.5 Å². The van der Waals surface area contributed by atoms with E-state index in [4.69, 9.17) is 9.84 Å². The Morgan fingerprint density at radius 1 is 1.41 bits per heavy atom. The largest absolute Gasteiger partial charge is 0.493 e. The molecule has 2 heterocycles. The van der Waals surface area contributed by atoms with Crippen LogP contribution < -0.4 is 5.69 Å². The number of aromatic nitrogens is 2. The first kappa shape index (κ1) is 14.4. The average molecular weight is 304 g/mol. The maximum atomic E-state index is 12.4. The van der Waals surface area contributed by atoms with Gasteiger partial charge in [-0.25, -0.2) is 14.2 Å². The first-order valence-corrected chi connectivity index (χ1v) is 7.03. The molecule has 1 aliphatic heterocycles. The number of hydrogen-bond donors (Lipinski definition) is 2. The number of hydrogen-bond acceptors (Lipinski definition) is 4. The number of carboxylic acid groups (broad SMARTS) is 1. The summed E-state index contributed by atoms with van der Waals surface area (Å²) in [5.41, 5.74) is -0.0558. The number of carboxylic acids is 1. The van der Waals surface area contributed by atoms with E-state index in [0.717, 1.165) is 17.4 Å². The van der Waals surface area contributed by atoms with Crippen molar-refractivity contribution in [1.82, 2.24) is 9.13 Å². The third-order valence-corrected chi connectivity index (χ3v) is 3.71. The van der Waals surface area contributed by atoms with Gasteiger partial charge in [-0.3, -0.25) is 4.57 Å². The van der Waals surface area contributed by atoms with E-state index in [1.165, 1.54) is 29.0 Å². The second-order valence-electron chi connectivity index (χ2n) is 5.25. The van der Waals surface area contributed by atoms with E-state index in [9.17, 15) is 14.7 Å². The van der Waals surface area contributed by atoms with E-state index >= 15 is 0 Å². The van der Waals surface area contributed by atoms with Gasteiger partial charge in [0, 0.05) is 6.61 Å². The molecule has 0 saturated carbocycles. The maximum Gasteiger partial charge on any atom is 0.335 e. The first-order chi connectivity index (χ1) is 10.6. The van der Waals surface area contributed by atoms with Crippen molar-refractivity contribution in [2.45, 2.75) is 25.5 Å². The average Bonchev–Trinajstić information content (AvgIpc) is 3.08. The molecule has 1 saturated heterocycles. The molecule has 2 aromatic rings. The Balaban J connectivity index is 1.97. The predicted octanol–water partition coefficient (Wildman–Crippen LogP) is 1.22. The molecule has 116 valence electrons. The molecule has 1 aromatic carbocycles. The Labute approximate surface area is 126 Å². The van der Waals surface area contributed by atoms with Crippen molar-refractivity contribution in [3.8, 4) is 11.6 Å². The number of carbonyl (C=O) groups is 1. The van der Waals surface area contributed by atoms with Gasteiger partial charge in [-0.05, 0) is 31.0 Å². The lowest BCUT2D eigenvalue weighted by Gasteiger charge is -2.08. The van der Waals surface area contributed by atoms with Crippen LogP contribution in [0.15, 0.2) is 35.3 Å². The first-order valence-electron chi connectivity index (χ1n) is 7.03. The molecule has 0 aliphatic carbocycles. The van der Waals surface area contributed by atoms with Crippen molar-refractivity contribution in [2.24, 2.45) is 0 Å².